The first-order chi connectivity index (χ1) is 24.0. The molecule has 2 unspecified atom stereocenters. The highest BCUT2D eigenvalue weighted by atomic mass is 19.2. The Morgan fingerprint density at radius 1 is 0.980 bits per heavy atom. The number of H-pyrrole nitrogens is 2. The van der Waals surface area contributed by atoms with Gasteiger partial charge in [-0.15, -0.1) is 0 Å². The van der Waals surface area contributed by atoms with Crippen LogP contribution in [0, 0.1) is 36.1 Å². The zero-order valence-electron chi connectivity index (χ0n) is 26.7. The fourth-order valence-electron chi connectivity index (χ4n) is 5.51. The van der Waals surface area contributed by atoms with Gasteiger partial charge in [-0.25, -0.2) is 8.78 Å². The molecule has 2 aromatic heterocycles. The number of aromatic amines is 2. The first kappa shape index (κ1) is 35.6. The second kappa shape index (κ2) is 15.7. The van der Waals surface area contributed by atoms with E-state index in [1.165, 1.54) is 16.5 Å². The molecular formula is C35H33F4N5O6. The van der Waals surface area contributed by atoms with Gasteiger partial charge in [-0.3, -0.25) is 19.2 Å². The summed E-state index contributed by atoms with van der Waals surface area (Å²) in [6.45, 7) is -0.552. The number of Topliss-reactive ketones (excluding diaryl/α,β-unsaturated/α-hetero) is 1. The highest BCUT2D eigenvalue weighted by Gasteiger charge is 2.33. The maximum absolute atomic E-state index is 14.2. The van der Waals surface area contributed by atoms with E-state index in [2.05, 4.69) is 51.0 Å². The lowest BCUT2D eigenvalue weighted by Gasteiger charge is -2.20. The number of hydrogen-bond acceptors (Lipinski definition) is 6. The molecule has 2 atom stereocenters. The van der Waals surface area contributed by atoms with E-state index in [4.69, 9.17) is 9.84 Å². The highest BCUT2D eigenvalue weighted by Crippen LogP contribution is 2.30. The monoisotopic (exact) mass is 695 g/mol. The van der Waals surface area contributed by atoms with Crippen LogP contribution >= 0.6 is 0 Å². The number of nitrogens with one attached hydrogen (secondary N) is 5. The summed E-state index contributed by atoms with van der Waals surface area (Å²) in [7, 11) is 0. The zero-order chi connectivity index (χ0) is 35.9. The Morgan fingerprint density at radius 3 is 2.30 bits per heavy atom. The number of ketones is 1. The second-order valence-electron chi connectivity index (χ2n) is 11.6. The Balaban J connectivity index is 0.000000412. The molecule has 6 N–H and O–H groups in total. The van der Waals surface area contributed by atoms with Gasteiger partial charge >= 0.3 is 0 Å². The van der Waals surface area contributed by atoms with E-state index in [1.807, 2.05) is 12.3 Å². The summed E-state index contributed by atoms with van der Waals surface area (Å²) in [6, 6.07) is 15.6. The summed E-state index contributed by atoms with van der Waals surface area (Å²) in [4.78, 5) is 56.1. The smallest absolute Gasteiger partial charge is 0.268 e. The lowest BCUT2D eigenvalue weighted by molar-refractivity contribution is -0.130. The summed E-state index contributed by atoms with van der Waals surface area (Å²) in [5, 5.41) is 18.4. The quantitative estimate of drug-likeness (QED) is 0.0901. The number of amides is 3. The van der Waals surface area contributed by atoms with Crippen LogP contribution in [-0.4, -0.2) is 64.3 Å². The van der Waals surface area contributed by atoms with Gasteiger partial charge in [0.25, 0.3) is 5.91 Å². The number of carbonyl (C=O) groups is 4. The number of rotatable bonds is 11. The van der Waals surface area contributed by atoms with Gasteiger partial charge in [0.1, 0.15) is 12.3 Å². The molecule has 262 valence electrons. The molecule has 1 saturated heterocycles. The molecule has 0 bridgehead atoms. The van der Waals surface area contributed by atoms with Crippen molar-refractivity contribution in [2.75, 3.05) is 19.7 Å². The third-order valence-electron chi connectivity index (χ3n) is 8.22. The van der Waals surface area contributed by atoms with Crippen LogP contribution in [0.3, 0.4) is 0 Å². The van der Waals surface area contributed by atoms with E-state index >= 15 is 0 Å². The molecule has 1 aliphatic rings. The molecule has 3 heterocycles. The number of carbonyl (C=O) groups excluding carboxylic acids is 4. The average molecular weight is 696 g/mol. The maximum atomic E-state index is 14.2. The molecule has 15 heteroatoms. The van der Waals surface area contributed by atoms with Crippen LogP contribution in [0.25, 0.3) is 21.8 Å². The van der Waals surface area contributed by atoms with E-state index in [0.717, 1.165) is 5.39 Å². The van der Waals surface area contributed by atoms with Gasteiger partial charge in [0, 0.05) is 40.5 Å². The molecule has 0 aliphatic carbocycles. The molecule has 50 heavy (non-hydrogen) atoms. The summed E-state index contributed by atoms with van der Waals surface area (Å²) in [5.74, 6) is -12.6. The van der Waals surface area contributed by atoms with Crippen LogP contribution in [0.1, 0.15) is 34.5 Å². The predicted molar refractivity (Wildman–Crippen MR) is 174 cm³/mol. The van der Waals surface area contributed by atoms with E-state index in [9.17, 15) is 36.7 Å². The third kappa shape index (κ3) is 7.94. The number of fused-ring (bicyclic) bond motifs is 2. The lowest BCUT2D eigenvalue weighted by atomic mass is 9.96. The van der Waals surface area contributed by atoms with Crippen LogP contribution in [0.2, 0.25) is 0 Å². The van der Waals surface area contributed by atoms with E-state index in [0.29, 0.717) is 18.5 Å². The number of para-hydroxylation sites is 2. The van der Waals surface area contributed by atoms with Crippen LogP contribution in [-0.2, 0) is 21.0 Å². The minimum Gasteiger partial charge on any atom is -0.479 e. The van der Waals surface area contributed by atoms with Crippen LogP contribution in [0.5, 0.6) is 5.75 Å². The number of aryl methyl sites for hydroxylation is 1. The minimum atomic E-state index is -1.95. The SMILES string of the molecule is Cc1c[nH]c2ccccc12.O=C(CNC(=O)c1cc2ccccc2[nH]1)NC(CC1CCNC1=O)C(=O)COc1c(F)c(F)c(CO)c(F)c1F. The van der Waals surface area contributed by atoms with E-state index in [1.54, 1.807) is 30.3 Å². The van der Waals surface area contributed by atoms with Crippen molar-refractivity contribution in [3.63, 3.8) is 0 Å². The molecule has 5 aromatic rings. The van der Waals surface area contributed by atoms with Gasteiger partial charge in [-0.1, -0.05) is 36.4 Å². The number of aliphatic hydroxyl groups is 1. The van der Waals surface area contributed by atoms with Crippen molar-refractivity contribution in [3.8, 4) is 5.75 Å². The summed E-state index contributed by atoms with van der Waals surface area (Å²) in [6.07, 6.45) is 2.18. The fourth-order valence-corrected chi connectivity index (χ4v) is 5.51. The number of aliphatic hydroxyl groups excluding tert-OH is 1. The van der Waals surface area contributed by atoms with Crippen LogP contribution in [0.15, 0.2) is 60.8 Å². The van der Waals surface area contributed by atoms with Gasteiger partial charge in [0.2, 0.25) is 23.4 Å². The summed E-state index contributed by atoms with van der Waals surface area (Å²) < 4.78 is 61.1. The van der Waals surface area contributed by atoms with E-state index in [-0.39, 0.29) is 18.0 Å². The molecule has 1 aliphatic heterocycles. The Labute approximate surface area is 282 Å². The molecule has 11 nitrogen and oxygen atoms in total. The zero-order valence-corrected chi connectivity index (χ0v) is 26.7. The number of halogens is 4. The fraction of sp³-hybridized carbons (Fsp3) is 0.257. The molecule has 1 fully saturated rings. The van der Waals surface area contributed by atoms with Gasteiger partial charge < -0.3 is 35.8 Å². The molecule has 0 spiro atoms. The van der Waals surface area contributed by atoms with E-state index < -0.39 is 83.9 Å². The Kier molecular flexibility index (Phi) is 11.2. The van der Waals surface area contributed by atoms with Crippen molar-refractivity contribution in [2.45, 2.75) is 32.4 Å². The largest absolute Gasteiger partial charge is 0.479 e. The van der Waals surface area contributed by atoms with Crippen molar-refractivity contribution >= 4 is 45.3 Å². The van der Waals surface area contributed by atoms with Crippen molar-refractivity contribution < 1.29 is 46.6 Å². The van der Waals surface area contributed by atoms with Gasteiger partial charge in [-0.2, -0.15) is 8.78 Å². The van der Waals surface area contributed by atoms with Crippen molar-refractivity contribution in [2.24, 2.45) is 5.92 Å². The standard InChI is InChI=1S/C26H24F4N4O6.C9H9N/c27-20-14(10-35)21(28)23(30)24(22(20)29)40-11-18(36)16(8-13-5-6-31-25(13)38)34-19(37)9-32-26(39)17-7-12-3-1-2-4-15(12)33-17;1-7-6-10-9-5-3-2-4-8(7)9/h1-4,7,13,16,33,35H,5-6,8-11H2,(H,31,38)(H,32,39)(H,34,37);2-6,10H,1H3. The van der Waals surface area contributed by atoms with Gasteiger partial charge in [0.05, 0.1) is 24.8 Å². The molecule has 0 saturated carbocycles. The molecular weight excluding hydrogens is 662 g/mol. The van der Waals surface area contributed by atoms with Crippen molar-refractivity contribution in [1.29, 1.82) is 0 Å². The number of benzene rings is 3. The van der Waals surface area contributed by atoms with Gasteiger partial charge in [0.15, 0.2) is 23.2 Å². The second-order valence-corrected chi connectivity index (χ2v) is 11.6. The average Bonchev–Trinajstić information content (AvgIpc) is 3.85. The minimum absolute atomic E-state index is 0.188. The van der Waals surface area contributed by atoms with Crippen LogP contribution < -0.4 is 20.7 Å². The normalized spacial score (nSPS) is 14.5. The topological polar surface area (TPSA) is 165 Å². The number of aromatic nitrogens is 2. The third-order valence-corrected chi connectivity index (χ3v) is 8.22. The Morgan fingerprint density at radius 2 is 1.66 bits per heavy atom. The Hall–Kier alpha value is -5.70. The first-order valence-electron chi connectivity index (χ1n) is 15.5. The maximum Gasteiger partial charge on any atom is 0.268 e. The van der Waals surface area contributed by atoms with Crippen molar-refractivity contribution in [1.82, 2.24) is 25.9 Å². The Bertz CT molecular complexity index is 2000. The predicted octanol–water partition coefficient (Wildman–Crippen LogP) is 4.08. The molecule has 3 aromatic carbocycles. The van der Waals surface area contributed by atoms with Gasteiger partial charge in [-0.05, 0) is 43.5 Å². The summed E-state index contributed by atoms with van der Waals surface area (Å²) >= 11 is 0. The van der Waals surface area contributed by atoms with Crippen LogP contribution in [0.4, 0.5) is 17.6 Å². The lowest BCUT2D eigenvalue weighted by Crippen LogP contribution is -2.48. The number of ether oxygens (including phenoxy) is 1. The molecule has 0 radical (unpaired) electrons. The first-order valence-corrected chi connectivity index (χ1v) is 15.5. The number of hydrogen-bond donors (Lipinski definition) is 6. The van der Waals surface area contributed by atoms with Crippen molar-refractivity contribution in [3.05, 3.63) is 101 Å². The summed E-state index contributed by atoms with van der Waals surface area (Å²) in [5.41, 5.74) is 2.18. The molecule has 6 rings (SSSR count). The molecule has 3 amide bonds. The highest BCUT2D eigenvalue weighted by molar-refractivity contribution is 6.00.